The van der Waals surface area contributed by atoms with Gasteiger partial charge in [0.2, 0.25) is 0 Å². The van der Waals surface area contributed by atoms with Crippen molar-refractivity contribution in [2.45, 2.75) is 114 Å². The summed E-state index contributed by atoms with van der Waals surface area (Å²) in [6, 6.07) is 16.9. The summed E-state index contributed by atoms with van der Waals surface area (Å²) in [6.07, 6.45) is 3.04. The van der Waals surface area contributed by atoms with E-state index in [0.29, 0.717) is 0 Å². The largest absolute Gasteiger partial charge is 0.481 e. The van der Waals surface area contributed by atoms with Gasteiger partial charge in [-0.05, 0) is 100 Å². The first-order valence-corrected chi connectivity index (χ1v) is 17.1. The van der Waals surface area contributed by atoms with Gasteiger partial charge in [-0.25, -0.2) is 0 Å². The zero-order valence-corrected chi connectivity index (χ0v) is 30.8. The highest BCUT2D eigenvalue weighted by atomic mass is 16.4. The maximum Gasteiger partial charge on any atom is 0.307 e. The van der Waals surface area contributed by atoms with Gasteiger partial charge in [-0.15, -0.1) is 0 Å². The Hall–Kier alpha value is -3.66. The summed E-state index contributed by atoms with van der Waals surface area (Å²) >= 11 is 0. The molecule has 6 heteroatoms. The molecule has 4 rings (SSSR count). The number of carboxylic acids is 1. The first kappa shape index (κ1) is 39.5. The Bertz CT molecular complexity index is 1480. The van der Waals surface area contributed by atoms with Crippen LogP contribution in [0.4, 0.5) is 0 Å². The number of fused-ring (bicyclic) bond motifs is 1. The van der Waals surface area contributed by atoms with Crippen molar-refractivity contribution < 1.29 is 15.0 Å². The second kappa shape index (κ2) is 17.5. The molecule has 0 spiro atoms. The van der Waals surface area contributed by atoms with Crippen molar-refractivity contribution in [2.24, 2.45) is 5.41 Å². The van der Waals surface area contributed by atoms with E-state index < -0.39 is 11.6 Å². The lowest BCUT2D eigenvalue weighted by Crippen LogP contribution is -2.38. The quantitative estimate of drug-likeness (QED) is 0.280. The molecule has 0 atom stereocenters. The van der Waals surface area contributed by atoms with Crippen LogP contribution in [0.1, 0.15) is 116 Å². The number of aliphatic hydroxyl groups is 1. The second-order valence-corrected chi connectivity index (χ2v) is 14.6. The number of piperidine rings is 1. The Morgan fingerprint density at radius 3 is 2.13 bits per heavy atom. The fourth-order valence-electron chi connectivity index (χ4n) is 6.00. The summed E-state index contributed by atoms with van der Waals surface area (Å²) in [4.78, 5) is 16.8. The summed E-state index contributed by atoms with van der Waals surface area (Å²) < 4.78 is 0. The standard InChI is InChI=1S/C35H43N3O2.C4H10O.C2H6/c1-24(2)31(20-32(39)40)34(38-17-14-35(5,6)15-18-38)33(25(3)4)27-11-12-30-23-37(16-13-26(30)19-27)22-29-10-8-7-9-28(29)21-36;1-4(2,3)5;1-2/h7-12,19H,1,13-18,20,22-23H2,2-6H3,(H,39,40);5H,1-3H3;1-2H3/b34-31+;;. The maximum absolute atomic E-state index is 12.0. The Kier molecular flexibility index (Phi) is 14.7. The van der Waals surface area contributed by atoms with Gasteiger partial charge in [0.05, 0.1) is 23.7 Å². The molecule has 256 valence electrons. The maximum atomic E-state index is 12.0. The fourth-order valence-corrected chi connectivity index (χ4v) is 6.00. The molecule has 0 aromatic heterocycles. The average molecular weight is 642 g/mol. The molecule has 0 bridgehead atoms. The van der Waals surface area contributed by atoms with Gasteiger partial charge in [-0.2, -0.15) is 5.26 Å². The van der Waals surface area contributed by atoms with Gasteiger partial charge < -0.3 is 15.1 Å². The monoisotopic (exact) mass is 641 g/mol. The molecule has 0 aliphatic carbocycles. The first-order chi connectivity index (χ1) is 22.0. The fraction of sp³-hybridized carbons (Fsp3) is 0.512. The number of benzene rings is 2. The third-order valence-corrected chi connectivity index (χ3v) is 8.42. The number of nitriles is 1. The van der Waals surface area contributed by atoms with E-state index in [1.165, 1.54) is 16.7 Å². The zero-order valence-electron chi connectivity index (χ0n) is 30.8. The highest BCUT2D eigenvalue weighted by Crippen LogP contribution is 2.40. The number of hydrogen-bond donors (Lipinski definition) is 2. The predicted molar refractivity (Wildman–Crippen MR) is 196 cm³/mol. The van der Waals surface area contributed by atoms with Crippen molar-refractivity contribution in [3.63, 3.8) is 0 Å². The predicted octanol–water partition coefficient (Wildman–Crippen LogP) is 9.14. The molecule has 1 fully saturated rings. The van der Waals surface area contributed by atoms with Crippen LogP contribution in [0.3, 0.4) is 0 Å². The third kappa shape index (κ3) is 12.1. The molecule has 2 aliphatic heterocycles. The van der Waals surface area contributed by atoms with Gasteiger partial charge >= 0.3 is 5.97 Å². The minimum absolute atomic E-state index is 0.0363. The van der Waals surface area contributed by atoms with Crippen LogP contribution in [-0.4, -0.2) is 51.2 Å². The molecule has 1 saturated heterocycles. The third-order valence-electron chi connectivity index (χ3n) is 8.42. The number of aliphatic carboxylic acids is 1. The van der Waals surface area contributed by atoms with E-state index in [4.69, 9.17) is 5.11 Å². The van der Waals surface area contributed by atoms with Gasteiger partial charge in [0.15, 0.2) is 0 Å². The molecular formula is C41H59N3O3. The summed E-state index contributed by atoms with van der Waals surface area (Å²) in [5.74, 6) is -0.829. The Morgan fingerprint density at radius 2 is 1.60 bits per heavy atom. The van der Waals surface area contributed by atoms with Crippen molar-refractivity contribution in [1.82, 2.24) is 9.80 Å². The molecule has 47 heavy (non-hydrogen) atoms. The Balaban J connectivity index is 0.00000100. The van der Waals surface area contributed by atoms with Crippen molar-refractivity contribution >= 4 is 11.5 Å². The summed E-state index contributed by atoms with van der Waals surface area (Å²) in [6.45, 7) is 28.6. The van der Waals surface area contributed by atoms with E-state index in [-0.39, 0.29) is 11.8 Å². The number of carbonyl (C=O) groups is 1. The SMILES string of the molecule is C=C(C)/C(CC(=O)O)=C(\C(=C(C)C)c1ccc2c(c1)CCN(Cc1ccccc1C#N)C2)N1CCC(C)(C)CC1.CC.CC(C)(C)O. The van der Waals surface area contributed by atoms with Crippen molar-refractivity contribution in [3.05, 3.63) is 99.3 Å². The molecule has 0 saturated carbocycles. The molecule has 2 heterocycles. The van der Waals surface area contributed by atoms with E-state index >= 15 is 0 Å². The molecule has 2 aromatic carbocycles. The summed E-state index contributed by atoms with van der Waals surface area (Å²) in [5, 5.41) is 27.9. The number of likely N-dealkylation sites (tertiary alicyclic amines) is 1. The Labute approximate surface area is 285 Å². The highest BCUT2D eigenvalue weighted by molar-refractivity contribution is 5.85. The molecule has 0 radical (unpaired) electrons. The van der Waals surface area contributed by atoms with Crippen LogP contribution in [0.2, 0.25) is 0 Å². The zero-order chi connectivity index (χ0) is 35.5. The van der Waals surface area contributed by atoms with Gasteiger partial charge in [0.1, 0.15) is 0 Å². The number of nitrogens with zero attached hydrogens (tertiary/aromatic N) is 3. The smallest absolute Gasteiger partial charge is 0.307 e. The van der Waals surface area contributed by atoms with E-state index in [0.717, 1.165) is 91.1 Å². The minimum Gasteiger partial charge on any atom is -0.481 e. The average Bonchev–Trinajstić information content (AvgIpc) is 2.99. The second-order valence-electron chi connectivity index (χ2n) is 14.6. The van der Waals surface area contributed by atoms with Crippen LogP contribution in [0.25, 0.3) is 5.57 Å². The number of carboxylic acid groups (broad SMARTS) is 1. The van der Waals surface area contributed by atoms with Crippen molar-refractivity contribution in [2.75, 3.05) is 19.6 Å². The van der Waals surface area contributed by atoms with Gasteiger partial charge in [-0.1, -0.05) is 81.8 Å². The summed E-state index contributed by atoms with van der Waals surface area (Å²) in [5.41, 5.74) is 10.4. The Morgan fingerprint density at radius 1 is 1.00 bits per heavy atom. The van der Waals surface area contributed by atoms with Crippen LogP contribution in [0.5, 0.6) is 0 Å². The topological polar surface area (TPSA) is 87.8 Å². The number of rotatable bonds is 8. The van der Waals surface area contributed by atoms with Gasteiger partial charge in [0, 0.05) is 44.0 Å². The summed E-state index contributed by atoms with van der Waals surface area (Å²) in [7, 11) is 0. The number of allylic oxidation sites excluding steroid dienone is 3. The normalized spacial score (nSPS) is 16.2. The molecule has 0 unspecified atom stereocenters. The molecule has 2 aromatic rings. The molecular weight excluding hydrogens is 582 g/mol. The lowest BCUT2D eigenvalue weighted by atomic mass is 9.81. The lowest BCUT2D eigenvalue weighted by molar-refractivity contribution is -0.136. The van der Waals surface area contributed by atoms with Crippen LogP contribution >= 0.6 is 0 Å². The van der Waals surface area contributed by atoms with Crippen molar-refractivity contribution in [3.8, 4) is 6.07 Å². The molecule has 6 nitrogen and oxygen atoms in total. The highest BCUT2D eigenvalue weighted by Gasteiger charge is 2.31. The molecule has 2 aliphatic rings. The van der Waals surface area contributed by atoms with Crippen LogP contribution in [-0.2, 0) is 24.3 Å². The van der Waals surface area contributed by atoms with Gasteiger partial charge in [-0.3, -0.25) is 9.69 Å². The van der Waals surface area contributed by atoms with Crippen molar-refractivity contribution in [1.29, 1.82) is 5.26 Å². The van der Waals surface area contributed by atoms with E-state index in [1.807, 2.05) is 45.0 Å². The molecule has 2 N–H and O–H groups in total. The van der Waals surface area contributed by atoms with Crippen LogP contribution in [0.15, 0.2) is 71.5 Å². The lowest BCUT2D eigenvalue weighted by Gasteiger charge is -2.41. The van der Waals surface area contributed by atoms with E-state index in [1.54, 1.807) is 20.8 Å². The minimum atomic E-state index is -0.829. The van der Waals surface area contributed by atoms with E-state index in [9.17, 15) is 15.2 Å². The first-order valence-electron chi connectivity index (χ1n) is 17.1. The van der Waals surface area contributed by atoms with Gasteiger partial charge in [0.25, 0.3) is 0 Å². The van der Waals surface area contributed by atoms with Crippen LogP contribution in [0, 0.1) is 16.7 Å². The number of hydrogen-bond acceptors (Lipinski definition) is 5. The van der Waals surface area contributed by atoms with E-state index in [2.05, 4.69) is 68.3 Å². The molecule has 0 amide bonds. The van der Waals surface area contributed by atoms with Crippen LogP contribution < -0.4 is 0 Å².